The first-order chi connectivity index (χ1) is 12.7. The highest BCUT2D eigenvalue weighted by atomic mass is 16.5. The Balaban J connectivity index is 1.73. The highest BCUT2D eigenvalue weighted by Gasteiger charge is 2.21. The highest BCUT2D eigenvalue weighted by molar-refractivity contribution is 5.71. The Labute approximate surface area is 155 Å². The van der Waals surface area contributed by atoms with Crippen LogP contribution in [0.1, 0.15) is 54.9 Å². The molecule has 2 aromatic rings. The molecule has 3 heteroatoms. The summed E-state index contributed by atoms with van der Waals surface area (Å²) in [6.07, 6.45) is 3.66. The van der Waals surface area contributed by atoms with Crippen molar-refractivity contribution in [2.75, 3.05) is 7.11 Å². The van der Waals surface area contributed by atoms with Crippen molar-refractivity contribution < 1.29 is 14.3 Å². The molecule has 2 atom stereocenters. The van der Waals surface area contributed by atoms with Gasteiger partial charge >= 0.3 is 5.97 Å². The number of hydrogen-bond donors (Lipinski definition) is 0. The van der Waals surface area contributed by atoms with E-state index in [-0.39, 0.29) is 24.4 Å². The highest BCUT2D eigenvalue weighted by Crippen LogP contribution is 2.34. The third-order valence-electron chi connectivity index (χ3n) is 4.79. The molecule has 134 valence electrons. The zero-order valence-electron chi connectivity index (χ0n) is 15.3. The molecule has 0 heterocycles. The summed E-state index contributed by atoms with van der Waals surface area (Å²) in [5.41, 5.74) is 3.68. The van der Waals surface area contributed by atoms with Crippen molar-refractivity contribution in [3.05, 3.63) is 65.2 Å². The van der Waals surface area contributed by atoms with Crippen molar-refractivity contribution in [3.8, 4) is 17.6 Å². The van der Waals surface area contributed by atoms with Gasteiger partial charge in [0.15, 0.2) is 0 Å². The fraction of sp³-hybridized carbons (Fsp3) is 0.348. The van der Waals surface area contributed by atoms with Crippen LogP contribution in [0.3, 0.4) is 0 Å². The lowest BCUT2D eigenvalue weighted by atomic mass is 9.89. The van der Waals surface area contributed by atoms with Crippen LogP contribution >= 0.6 is 0 Å². The summed E-state index contributed by atoms with van der Waals surface area (Å²) in [7, 11) is 1.40. The van der Waals surface area contributed by atoms with Gasteiger partial charge in [-0.15, -0.1) is 5.92 Å². The standard InChI is InChI=1S/C23H24O3/c1-3-7-19(16-23(24)25-2)17-12-14-20(15-13-17)26-22-11-6-9-18-8-4-5-10-21(18)22/h4-5,8,10,12-15,19,22H,6,9,11,16H2,1-2H3/t19-,22?/m0/s1. The molecule has 1 aliphatic rings. The van der Waals surface area contributed by atoms with E-state index in [9.17, 15) is 4.79 Å². The van der Waals surface area contributed by atoms with Crippen LogP contribution in [-0.4, -0.2) is 13.1 Å². The minimum Gasteiger partial charge on any atom is -0.486 e. The van der Waals surface area contributed by atoms with Crippen LogP contribution < -0.4 is 4.74 Å². The van der Waals surface area contributed by atoms with Crippen molar-refractivity contribution in [3.63, 3.8) is 0 Å². The predicted octanol–water partition coefficient (Wildman–Crippen LogP) is 4.81. The van der Waals surface area contributed by atoms with E-state index in [0.717, 1.165) is 30.6 Å². The maximum Gasteiger partial charge on any atom is 0.307 e. The second-order valence-electron chi connectivity index (χ2n) is 6.49. The second-order valence-corrected chi connectivity index (χ2v) is 6.49. The summed E-state index contributed by atoms with van der Waals surface area (Å²) < 4.78 is 11.0. The molecule has 0 radical (unpaired) electrons. The maximum absolute atomic E-state index is 11.6. The Bertz CT molecular complexity index is 811. The summed E-state index contributed by atoms with van der Waals surface area (Å²) in [4.78, 5) is 11.6. The average molecular weight is 348 g/mol. The van der Waals surface area contributed by atoms with Crippen molar-refractivity contribution in [1.82, 2.24) is 0 Å². The summed E-state index contributed by atoms with van der Waals surface area (Å²) in [5.74, 6) is 6.42. The van der Waals surface area contributed by atoms with Gasteiger partial charge in [0.1, 0.15) is 11.9 Å². The molecule has 0 bridgehead atoms. The molecule has 2 aromatic carbocycles. The number of methoxy groups -OCH3 is 1. The number of rotatable bonds is 5. The SMILES string of the molecule is CC#C[C@@H](CC(=O)OC)c1ccc(OC2CCCc3ccccc32)cc1. The number of carbonyl (C=O) groups excluding carboxylic acids is 1. The summed E-state index contributed by atoms with van der Waals surface area (Å²) in [5, 5.41) is 0. The lowest BCUT2D eigenvalue weighted by Crippen LogP contribution is -2.15. The van der Waals surface area contributed by atoms with Crippen LogP contribution in [0.2, 0.25) is 0 Å². The minimum atomic E-state index is -0.253. The topological polar surface area (TPSA) is 35.5 Å². The molecule has 1 aliphatic carbocycles. The Morgan fingerprint density at radius 2 is 1.96 bits per heavy atom. The largest absolute Gasteiger partial charge is 0.486 e. The number of ether oxygens (including phenoxy) is 2. The number of aryl methyl sites for hydroxylation is 1. The normalized spacial score (nSPS) is 16.6. The van der Waals surface area contributed by atoms with Gasteiger partial charge < -0.3 is 9.47 Å². The van der Waals surface area contributed by atoms with Crippen molar-refractivity contribution in [2.24, 2.45) is 0 Å². The molecule has 0 fully saturated rings. The van der Waals surface area contributed by atoms with E-state index in [4.69, 9.17) is 9.47 Å². The van der Waals surface area contributed by atoms with Crippen LogP contribution in [0.25, 0.3) is 0 Å². The number of benzene rings is 2. The molecule has 3 rings (SSSR count). The van der Waals surface area contributed by atoms with E-state index in [1.54, 1.807) is 6.92 Å². The first-order valence-corrected chi connectivity index (χ1v) is 9.04. The van der Waals surface area contributed by atoms with Gasteiger partial charge in [0, 0.05) is 0 Å². The van der Waals surface area contributed by atoms with Gasteiger partial charge in [0.25, 0.3) is 0 Å². The fourth-order valence-electron chi connectivity index (χ4n) is 3.45. The molecule has 0 aliphatic heterocycles. The van der Waals surface area contributed by atoms with E-state index < -0.39 is 0 Å². The fourth-order valence-corrected chi connectivity index (χ4v) is 3.45. The van der Waals surface area contributed by atoms with Crippen molar-refractivity contribution >= 4 is 5.97 Å². The molecule has 0 spiro atoms. The molecule has 1 unspecified atom stereocenters. The number of esters is 1. The summed E-state index contributed by atoms with van der Waals surface area (Å²) in [6, 6.07) is 16.4. The maximum atomic E-state index is 11.6. The van der Waals surface area contributed by atoms with E-state index in [2.05, 4.69) is 36.1 Å². The molecule has 26 heavy (non-hydrogen) atoms. The van der Waals surface area contributed by atoms with Gasteiger partial charge in [0.05, 0.1) is 19.4 Å². The molecule has 0 saturated carbocycles. The average Bonchev–Trinajstić information content (AvgIpc) is 2.68. The van der Waals surface area contributed by atoms with E-state index in [1.807, 2.05) is 24.3 Å². The molecular formula is C23H24O3. The van der Waals surface area contributed by atoms with E-state index in [0.29, 0.717) is 0 Å². The smallest absolute Gasteiger partial charge is 0.307 e. The van der Waals surface area contributed by atoms with Gasteiger partial charge in [-0.1, -0.05) is 42.3 Å². The van der Waals surface area contributed by atoms with E-state index in [1.165, 1.54) is 18.2 Å². The van der Waals surface area contributed by atoms with Gasteiger partial charge in [-0.3, -0.25) is 4.79 Å². The number of carbonyl (C=O) groups is 1. The summed E-state index contributed by atoms with van der Waals surface area (Å²) >= 11 is 0. The zero-order valence-corrected chi connectivity index (χ0v) is 15.3. The minimum absolute atomic E-state index is 0.104. The molecule has 3 nitrogen and oxygen atoms in total. The summed E-state index contributed by atoms with van der Waals surface area (Å²) in [6.45, 7) is 1.78. The molecule has 0 amide bonds. The van der Waals surface area contributed by atoms with Gasteiger partial charge in [-0.2, -0.15) is 0 Å². The number of fused-ring (bicyclic) bond motifs is 1. The Kier molecular flexibility index (Phi) is 5.96. The van der Waals surface area contributed by atoms with Crippen LogP contribution in [0.15, 0.2) is 48.5 Å². The molecule has 0 N–H and O–H groups in total. The third-order valence-corrected chi connectivity index (χ3v) is 4.79. The van der Waals surface area contributed by atoms with Crippen LogP contribution in [-0.2, 0) is 16.0 Å². The van der Waals surface area contributed by atoms with E-state index >= 15 is 0 Å². The predicted molar refractivity (Wildman–Crippen MR) is 102 cm³/mol. The Morgan fingerprint density at radius 3 is 2.69 bits per heavy atom. The van der Waals surface area contributed by atoms with Crippen LogP contribution in [0.5, 0.6) is 5.75 Å². The molecule has 0 saturated heterocycles. The first-order valence-electron chi connectivity index (χ1n) is 9.04. The second kappa shape index (κ2) is 8.58. The number of hydrogen-bond acceptors (Lipinski definition) is 3. The molecular weight excluding hydrogens is 324 g/mol. The van der Waals surface area contributed by atoms with Gasteiger partial charge in [0.2, 0.25) is 0 Å². The Morgan fingerprint density at radius 1 is 1.19 bits per heavy atom. The lowest BCUT2D eigenvalue weighted by molar-refractivity contribution is -0.140. The quantitative estimate of drug-likeness (QED) is 0.574. The van der Waals surface area contributed by atoms with Gasteiger partial charge in [-0.25, -0.2) is 0 Å². The zero-order chi connectivity index (χ0) is 18.4. The monoisotopic (exact) mass is 348 g/mol. The van der Waals surface area contributed by atoms with Gasteiger partial charge in [-0.05, 0) is 55.0 Å². The van der Waals surface area contributed by atoms with Crippen LogP contribution in [0.4, 0.5) is 0 Å². The Hall–Kier alpha value is -2.73. The van der Waals surface area contributed by atoms with Crippen molar-refractivity contribution in [1.29, 1.82) is 0 Å². The molecule has 0 aromatic heterocycles. The van der Waals surface area contributed by atoms with Crippen molar-refractivity contribution in [2.45, 2.75) is 44.6 Å². The lowest BCUT2D eigenvalue weighted by Gasteiger charge is -2.26. The third kappa shape index (κ3) is 4.26. The first kappa shape index (κ1) is 18.1. The van der Waals surface area contributed by atoms with Crippen LogP contribution in [0, 0.1) is 11.8 Å².